The summed E-state index contributed by atoms with van der Waals surface area (Å²) in [4.78, 5) is 0. The topological polar surface area (TPSA) is 0 Å². The molecule has 0 aromatic heterocycles. The molecule has 0 amide bonds. The second-order valence-corrected chi connectivity index (χ2v) is 8.19. The summed E-state index contributed by atoms with van der Waals surface area (Å²) in [6.45, 7) is 16.1. The first kappa shape index (κ1) is 21.5. The normalized spacial score (nSPS) is 15.0. The minimum atomic E-state index is 0.883. The first-order chi connectivity index (χ1) is 10.3. The van der Waals surface area contributed by atoms with Gasteiger partial charge in [-0.1, -0.05) is 69.8 Å². The molecule has 0 heterocycles. The van der Waals surface area contributed by atoms with Crippen LogP contribution in [-0.2, 0) is 0 Å². The Morgan fingerprint density at radius 1 is 0.545 bits per heavy atom. The van der Waals surface area contributed by atoms with Crippen molar-refractivity contribution in [2.24, 2.45) is 17.8 Å². The van der Waals surface area contributed by atoms with Crippen LogP contribution in [0.4, 0.5) is 0 Å². The Hall–Kier alpha value is -0.520. The van der Waals surface area contributed by atoms with E-state index in [-0.39, 0.29) is 0 Å². The van der Waals surface area contributed by atoms with E-state index >= 15 is 0 Å². The molecule has 0 fully saturated rings. The molecule has 22 heavy (non-hydrogen) atoms. The molecule has 130 valence electrons. The molecule has 0 spiro atoms. The zero-order chi connectivity index (χ0) is 17.0. The molecular formula is C22H42. The van der Waals surface area contributed by atoms with Crippen LogP contribution in [0.1, 0.15) is 99.8 Å². The van der Waals surface area contributed by atoms with Crippen molar-refractivity contribution < 1.29 is 0 Å². The Balaban J connectivity index is 3.69. The van der Waals surface area contributed by atoms with Crippen LogP contribution in [0.3, 0.4) is 0 Å². The number of hydrogen-bond acceptors (Lipinski definition) is 0. The van der Waals surface area contributed by atoms with Gasteiger partial charge < -0.3 is 0 Å². The van der Waals surface area contributed by atoms with Gasteiger partial charge in [0.2, 0.25) is 0 Å². The third-order valence-electron chi connectivity index (χ3n) is 4.73. The van der Waals surface area contributed by atoms with E-state index < -0.39 is 0 Å². The maximum Gasteiger partial charge on any atom is -0.0346 e. The lowest BCUT2D eigenvalue weighted by molar-refractivity contribution is 0.362. The van der Waals surface area contributed by atoms with Crippen LogP contribution < -0.4 is 0 Å². The Labute approximate surface area is 141 Å². The lowest BCUT2D eigenvalue weighted by Gasteiger charge is -2.17. The number of rotatable bonds is 12. The van der Waals surface area contributed by atoms with Crippen molar-refractivity contribution in [1.82, 2.24) is 0 Å². The van der Waals surface area contributed by atoms with Crippen molar-refractivity contribution >= 4 is 0 Å². The highest BCUT2D eigenvalue weighted by Gasteiger charge is 2.09. The molecule has 2 unspecified atom stereocenters. The fourth-order valence-electron chi connectivity index (χ4n) is 2.88. The van der Waals surface area contributed by atoms with Crippen molar-refractivity contribution in [3.63, 3.8) is 0 Å². The lowest BCUT2D eigenvalue weighted by Crippen LogP contribution is -2.03. The van der Waals surface area contributed by atoms with Crippen LogP contribution in [0, 0.1) is 17.8 Å². The zero-order valence-electron chi connectivity index (χ0n) is 16.5. The summed E-state index contributed by atoms with van der Waals surface area (Å²) in [5.74, 6) is 2.66. The molecule has 0 aliphatic heterocycles. The van der Waals surface area contributed by atoms with E-state index in [1.807, 2.05) is 0 Å². The first-order valence-electron chi connectivity index (χ1n) is 9.58. The SMILES string of the molecule is CC(C)=CCCC(C)CCC(C)CCC(C)CCC=C(C)C. The van der Waals surface area contributed by atoms with Gasteiger partial charge in [0.15, 0.2) is 0 Å². The molecule has 0 aliphatic carbocycles. The lowest BCUT2D eigenvalue weighted by atomic mass is 9.89. The Bertz CT molecular complexity index is 281. The van der Waals surface area contributed by atoms with Crippen molar-refractivity contribution in [1.29, 1.82) is 0 Å². The Morgan fingerprint density at radius 2 is 0.818 bits per heavy atom. The summed E-state index contributed by atoms with van der Waals surface area (Å²) in [7, 11) is 0. The van der Waals surface area contributed by atoms with Gasteiger partial charge in [0.25, 0.3) is 0 Å². The molecule has 0 saturated carbocycles. The predicted molar refractivity (Wildman–Crippen MR) is 103 cm³/mol. The molecule has 0 saturated heterocycles. The van der Waals surface area contributed by atoms with E-state index in [1.165, 1.54) is 62.5 Å². The predicted octanol–water partition coefficient (Wildman–Crippen LogP) is 7.95. The number of hydrogen-bond donors (Lipinski definition) is 0. The highest BCUT2D eigenvalue weighted by atomic mass is 14.1. The van der Waals surface area contributed by atoms with E-state index in [0.717, 1.165) is 17.8 Å². The van der Waals surface area contributed by atoms with Gasteiger partial charge in [0, 0.05) is 0 Å². The van der Waals surface area contributed by atoms with Crippen LogP contribution in [0.5, 0.6) is 0 Å². The van der Waals surface area contributed by atoms with E-state index in [2.05, 4.69) is 60.6 Å². The molecule has 0 heteroatoms. The van der Waals surface area contributed by atoms with Crippen LogP contribution >= 0.6 is 0 Å². The second kappa shape index (κ2) is 13.0. The fourth-order valence-corrected chi connectivity index (χ4v) is 2.88. The average Bonchev–Trinajstić information content (AvgIpc) is 2.42. The summed E-state index contributed by atoms with van der Waals surface area (Å²) in [6.07, 6.45) is 15.6. The van der Waals surface area contributed by atoms with Gasteiger partial charge in [-0.3, -0.25) is 0 Å². The molecule has 0 aromatic carbocycles. The third-order valence-corrected chi connectivity index (χ3v) is 4.73. The molecule has 0 aliphatic rings. The quantitative estimate of drug-likeness (QED) is 0.321. The van der Waals surface area contributed by atoms with Gasteiger partial charge in [-0.25, -0.2) is 0 Å². The molecule has 2 atom stereocenters. The highest BCUT2D eigenvalue weighted by Crippen LogP contribution is 2.23. The van der Waals surface area contributed by atoms with Gasteiger partial charge in [0.1, 0.15) is 0 Å². The first-order valence-corrected chi connectivity index (χ1v) is 9.58. The summed E-state index contributed by atoms with van der Waals surface area (Å²) >= 11 is 0. The number of allylic oxidation sites excluding steroid dienone is 4. The maximum absolute atomic E-state index is 2.45. The van der Waals surface area contributed by atoms with Gasteiger partial charge in [-0.15, -0.1) is 0 Å². The van der Waals surface area contributed by atoms with Crippen LogP contribution in [0.2, 0.25) is 0 Å². The second-order valence-electron chi connectivity index (χ2n) is 8.19. The molecule has 0 bridgehead atoms. The van der Waals surface area contributed by atoms with Gasteiger partial charge in [0.05, 0.1) is 0 Å². The molecule has 0 radical (unpaired) electrons. The monoisotopic (exact) mass is 306 g/mol. The van der Waals surface area contributed by atoms with Crippen molar-refractivity contribution in [2.75, 3.05) is 0 Å². The van der Waals surface area contributed by atoms with Crippen molar-refractivity contribution in [3.05, 3.63) is 23.3 Å². The standard InChI is InChI=1S/C22H42/c1-18(2)10-8-12-20(5)14-16-22(7)17-15-21(6)13-9-11-19(3)4/h10-11,20-22H,8-9,12-17H2,1-7H3. The van der Waals surface area contributed by atoms with Crippen molar-refractivity contribution in [3.8, 4) is 0 Å². The van der Waals surface area contributed by atoms with Crippen molar-refractivity contribution in [2.45, 2.75) is 99.8 Å². The van der Waals surface area contributed by atoms with Crippen LogP contribution in [-0.4, -0.2) is 0 Å². The average molecular weight is 307 g/mol. The van der Waals surface area contributed by atoms with Gasteiger partial charge >= 0.3 is 0 Å². The van der Waals surface area contributed by atoms with Gasteiger partial charge in [-0.2, -0.15) is 0 Å². The summed E-state index contributed by atoms with van der Waals surface area (Å²) in [5, 5.41) is 0. The molecule has 0 N–H and O–H groups in total. The minimum absolute atomic E-state index is 0.883. The Kier molecular flexibility index (Phi) is 12.7. The molecule has 0 nitrogen and oxygen atoms in total. The van der Waals surface area contributed by atoms with E-state index in [0.29, 0.717) is 0 Å². The summed E-state index contributed by atoms with van der Waals surface area (Å²) in [6, 6.07) is 0. The van der Waals surface area contributed by atoms with Gasteiger partial charge in [-0.05, 0) is 71.1 Å². The molecular weight excluding hydrogens is 264 g/mol. The molecule has 0 aromatic rings. The van der Waals surface area contributed by atoms with E-state index in [1.54, 1.807) is 0 Å². The Morgan fingerprint density at radius 3 is 1.09 bits per heavy atom. The third kappa shape index (κ3) is 14.4. The zero-order valence-corrected chi connectivity index (χ0v) is 16.5. The summed E-state index contributed by atoms with van der Waals surface area (Å²) in [5.41, 5.74) is 2.92. The van der Waals surface area contributed by atoms with Crippen LogP contribution in [0.25, 0.3) is 0 Å². The minimum Gasteiger partial charge on any atom is -0.0859 e. The van der Waals surface area contributed by atoms with Crippen LogP contribution in [0.15, 0.2) is 23.3 Å². The fraction of sp³-hybridized carbons (Fsp3) is 0.818. The smallest absolute Gasteiger partial charge is 0.0346 e. The van der Waals surface area contributed by atoms with E-state index in [9.17, 15) is 0 Å². The van der Waals surface area contributed by atoms with E-state index in [4.69, 9.17) is 0 Å². The maximum atomic E-state index is 2.45. The summed E-state index contributed by atoms with van der Waals surface area (Å²) < 4.78 is 0. The largest absolute Gasteiger partial charge is 0.0859 e. The highest BCUT2D eigenvalue weighted by molar-refractivity contribution is 4.93. The molecule has 0 rings (SSSR count).